The molecule has 0 amide bonds. The van der Waals surface area contributed by atoms with E-state index in [1.165, 1.54) is 21.8 Å². The molecule has 13 aromatic rings. The molecule has 76 heavy (non-hydrogen) atoms. The van der Waals surface area contributed by atoms with Gasteiger partial charge in [-0.3, -0.25) is 4.57 Å². The first-order valence-electron chi connectivity index (χ1n) is 25.7. The third kappa shape index (κ3) is 7.88. The van der Waals surface area contributed by atoms with Crippen LogP contribution in [0.4, 0.5) is 11.4 Å². The Hall–Kier alpha value is -10.2. The molecule has 10 aromatic carbocycles. The molecule has 358 valence electrons. The molecule has 0 aliphatic carbocycles. The average Bonchev–Trinajstić information content (AvgIpc) is 4.15. The number of benzene rings is 10. The first-order valence-corrected chi connectivity index (χ1v) is 25.7. The molecule has 0 N–H and O–H groups in total. The lowest BCUT2D eigenvalue weighted by atomic mass is 9.94. The smallest absolute Gasteiger partial charge is 0.238 e. The normalized spacial score (nSPS) is 13.8. The fourth-order valence-corrected chi connectivity index (χ4v) is 11.1. The molecule has 0 unspecified atom stereocenters. The van der Waals surface area contributed by atoms with Gasteiger partial charge >= 0.3 is 0 Å². The molecule has 1 aliphatic heterocycles. The van der Waals surface area contributed by atoms with Gasteiger partial charge in [-0.25, -0.2) is 4.98 Å². The lowest BCUT2D eigenvalue weighted by Gasteiger charge is -2.27. The Morgan fingerprint density at radius 2 is 0.842 bits per heavy atom. The van der Waals surface area contributed by atoms with Crippen molar-refractivity contribution in [1.82, 2.24) is 24.1 Å². The molecular weight excluding hydrogens is 925 g/mol. The van der Waals surface area contributed by atoms with Crippen LogP contribution in [0, 0.1) is 0 Å². The number of aromatic nitrogens is 5. The molecule has 0 saturated carbocycles. The van der Waals surface area contributed by atoms with Gasteiger partial charge in [0, 0.05) is 61.8 Å². The van der Waals surface area contributed by atoms with Gasteiger partial charge in [0.05, 0.1) is 22.1 Å². The molecule has 1 aliphatic rings. The van der Waals surface area contributed by atoms with Crippen LogP contribution in [0.2, 0.25) is 0 Å². The molecule has 3 aromatic heterocycles. The van der Waals surface area contributed by atoms with Gasteiger partial charge in [0.2, 0.25) is 5.95 Å². The molecule has 0 atom stereocenters. The number of hydrogen-bond donors (Lipinski definition) is 0. The second-order valence-electron chi connectivity index (χ2n) is 19.3. The van der Waals surface area contributed by atoms with Crippen LogP contribution in [-0.4, -0.2) is 30.6 Å². The Balaban J connectivity index is 0.951. The van der Waals surface area contributed by atoms with Crippen LogP contribution in [-0.2, 0) is 0 Å². The van der Waals surface area contributed by atoms with Gasteiger partial charge in [-0.15, -0.1) is 0 Å². The van der Waals surface area contributed by atoms with Crippen LogP contribution in [0.3, 0.4) is 0 Å². The van der Waals surface area contributed by atoms with Crippen molar-refractivity contribution in [3.63, 3.8) is 0 Å². The van der Waals surface area contributed by atoms with Crippen LogP contribution in [0.1, 0.15) is 11.1 Å². The monoisotopic (exact) mass is 972 g/mol. The minimum absolute atomic E-state index is 0.555. The molecule has 0 spiro atoms. The van der Waals surface area contributed by atoms with E-state index in [1.807, 2.05) is 36.4 Å². The summed E-state index contributed by atoms with van der Waals surface area (Å²) < 4.78 is 4.57. The molecular formula is C70H48N6. The van der Waals surface area contributed by atoms with Crippen molar-refractivity contribution in [3.05, 3.63) is 285 Å². The van der Waals surface area contributed by atoms with Gasteiger partial charge in [0.25, 0.3) is 0 Å². The standard InChI is InChI=1S/C70H48N6/c1-47-42-52(48-20-7-2-8-21-48)28-19-41-74(57-36-40-65-62(46-57)58-31-17-18-32-64(58)75(65)56-29-15-6-16-30-56)63-37-33-54(43-59(47)63)55-35-39-67-61(45-55)60-44-53(49-22-9-3-10-23-49)34-38-66(60)76(67)70-72-68(50-24-11-4-12-25-50)71-69(73-70)51-26-13-5-14-27-51/h2-40,42-46H,1,41H2/b28-19-,52-42+. The van der Waals surface area contributed by atoms with Gasteiger partial charge in [0.1, 0.15) is 0 Å². The first kappa shape index (κ1) is 44.5. The van der Waals surface area contributed by atoms with Crippen LogP contribution < -0.4 is 4.90 Å². The van der Waals surface area contributed by atoms with E-state index in [1.54, 1.807) is 0 Å². The fraction of sp³-hybridized carbons (Fsp3) is 0.0143. The first-order chi connectivity index (χ1) is 37.6. The van der Waals surface area contributed by atoms with Crippen molar-refractivity contribution in [2.75, 3.05) is 11.4 Å². The number of fused-ring (bicyclic) bond motifs is 7. The summed E-state index contributed by atoms with van der Waals surface area (Å²) in [6, 6.07) is 88.2. The van der Waals surface area contributed by atoms with Crippen LogP contribution in [0.25, 0.3) is 111 Å². The number of rotatable bonds is 8. The second kappa shape index (κ2) is 18.7. The molecule has 0 fully saturated rings. The van der Waals surface area contributed by atoms with Gasteiger partial charge in [0.15, 0.2) is 11.6 Å². The summed E-state index contributed by atoms with van der Waals surface area (Å²) in [4.78, 5) is 17.9. The maximum Gasteiger partial charge on any atom is 0.238 e. The highest BCUT2D eigenvalue weighted by Crippen LogP contribution is 2.43. The van der Waals surface area contributed by atoms with Crippen LogP contribution in [0.5, 0.6) is 0 Å². The maximum absolute atomic E-state index is 5.24. The average molecular weight is 973 g/mol. The predicted octanol–water partition coefficient (Wildman–Crippen LogP) is 17.5. The molecule has 4 heterocycles. The summed E-state index contributed by atoms with van der Waals surface area (Å²) in [5.74, 6) is 1.78. The highest BCUT2D eigenvalue weighted by Gasteiger charge is 2.23. The fourth-order valence-electron chi connectivity index (χ4n) is 11.1. The summed E-state index contributed by atoms with van der Waals surface area (Å²) >= 11 is 0. The third-order valence-electron chi connectivity index (χ3n) is 14.7. The number of anilines is 2. The van der Waals surface area contributed by atoms with Gasteiger partial charge in [-0.2, -0.15) is 9.97 Å². The minimum Gasteiger partial charge on any atom is -0.337 e. The summed E-state index contributed by atoms with van der Waals surface area (Å²) in [6.07, 6.45) is 6.75. The van der Waals surface area contributed by atoms with E-state index in [2.05, 4.69) is 245 Å². The van der Waals surface area contributed by atoms with E-state index in [9.17, 15) is 0 Å². The largest absolute Gasteiger partial charge is 0.337 e. The van der Waals surface area contributed by atoms with Crippen molar-refractivity contribution in [3.8, 4) is 56.7 Å². The highest BCUT2D eigenvalue weighted by molar-refractivity contribution is 6.12. The summed E-state index contributed by atoms with van der Waals surface area (Å²) in [5, 5.41) is 4.61. The SMILES string of the molecule is C=C1/C=C(c2ccccc2)\C=C/CN(c2ccc3c(c2)c2ccccc2n3-c2ccccc2)c2ccc(-c3ccc4c(c3)c3cc(-c5ccccc5)ccc3n4-c3nc(-c4ccccc4)nc(-c4ccccc4)n3)cc21. The lowest BCUT2D eigenvalue weighted by Crippen LogP contribution is -2.18. The van der Waals surface area contributed by atoms with Gasteiger partial charge in [-0.1, -0.05) is 195 Å². The lowest BCUT2D eigenvalue weighted by molar-refractivity contribution is 0.953. The van der Waals surface area contributed by atoms with E-state index in [-0.39, 0.29) is 0 Å². The zero-order chi connectivity index (χ0) is 50.5. The third-order valence-corrected chi connectivity index (χ3v) is 14.7. The van der Waals surface area contributed by atoms with E-state index in [0.717, 1.165) is 94.5 Å². The highest BCUT2D eigenvalue weighted by atomic mass is 15.2. The van der Waals surface area contributed by atoms with Crippen molar-refractivity contribution >= 4 is 66.1 Å². The number of nitrogens with zero attached hydrogens (tertiary/aromatic N) is 6. The van der Waals surface area contributed by atoms with Crippen molar-refractivity contribution in [2.45, 2.75) is 0 Å². The van der Waals surface area contributed by atoms with Crippen molar-refractivity contribution in [2.24, 2.45) is 0 Å². The minimum atomic E-state index is 0.555. The van der Waals surface area contributed by atoms with E-state index < -0.39 is 0 Å². The zero-order valence-electron chi connectivity index (χ0n) is 41.5. The van der Waals surface area contributed by atoms with Crippen LogP contribution >= 0.6 is 0 Å². The summed E-state index contributed by atoms with van der Waals surface area (Å²) in [6.45, 7) is 5.48. The number of allylic oxidation sites excluding steroid dienone is 4. The van der Waals surface area contributed by atoms with Crippen LogP contribution in [0.15, 0.2) is 274 Å². The second-order valence-corrected chi connectivity index (χ2v) is 19.3. The Morgan fingerprint density at radius 3 is 1.49 bits per heavy atom. The van der Waals surface area contributed by atoms with E-state index in [0.29, 0.717) is 24.1 Å². The topological polar surface area (TPSA) is 51.8 Å². The molecule has 14 rings (SSSR count). The number of hydrogen-bond acceptors (Lipinski definition) is 4. The molecule has 0 bridgehead atoms. The summed E-state index contributed by atoms with van der Waals surface area (Å²) in [7, 11) is 0. The Bertz CT molecular complexity index is 4360. The quantitative estimate of drug-likeness (QED) is 0.152. The molecule has 6 heteroatoms. The van der Waals surface area contributed by atoms with Crippen molar-refractivity contribution in [1.29, 1.82) is 0 Å². The molecule has 0 saturated heterocycles. The number of para-hydroxylation sites is 2. The Kier molecular flexibility index (Phi) is 11.0. The summed E-state index contributed by atoms with van der Waals surface area (Å²) in [5.41, 5.74) is 18.2. The zero-order valence-corrected chi connectivity index (χ0v) is 41.5. The Morgan fingerprint density at radius 1 is 0.355 bits per heavy atom. The molecule has 6 nitrogen and oxygen atoms in total. The van der Waals surface area contributed by atoms with Crippen molar-refractivity contribution < 1.29 is 0 Å². The van der Waals surface area contributed by atoms with E-state index >= 15 is 0 Å². The molecule has 0 radical (unpaired) electrons. The predicted molar refractivity (Wildman–Crippen MR) is 316 cm³/mol. The van der Waals surface area contributed by atoms with Gasteiger partial charge in [-0.05, 0) is 118 Å². The maximum atomic E-state index is 5.24. The van der Waals surface area contributed by atoms with Gasteiger partial charge < -0.3 is 9.47 Å². The Labute approximate surface area is 440 Å². The van der Waals surface area contributed by atoms with E-state index in [4.69, 9.17) is 21.5 Å².